The lowest BCUT2D eigenvalue weighted by molar-refractivity contribution is 0.0621. The lowest BCUT2D eigenvalue weighted by Crippen LogP contribution is -2.45. The van der Waals surface area contributed by atoms with Crippen molar-refractivity contribution in [3.63, 3.8) is 0 Å². The van der Waals surface area contributed by atoms with Crippen LogP contribution in [0.15, 0.2) is 36.7 Å². The number of pyridine rings is 1. The van der Waals surface area contributed by atoms with Crippen LogP contribution in [0.25, 0.3) is 11.1 Å². The second-order valence-corrected chi connectivity index (χ2v) is 6.92. The number of aromatic nitrogens is 1. The van der Waals surface area contributed by atoms with Crippen LogP contribution in [0.1, 0.15) is 53.6 Å². The van der Waals surface area contributed by atoms with Crippen molar-refractivity contribution in [2.24, 2.45) is 0 Å². The number of hydrogen-bond acceptors (Lipinski definition) is 3. The lowest BCUT2D eigenvalue weighted by Gasteiger charge is -2.28. The largest absolute Gasteiger partial charge is 0.269 e. The Hall–Kier alpha value is -2.20. The molecule has 124 valence electrons. The highest BCUT2D eigenvalue weighted by Gasteiger charge is 2.31. The van der Waals surface area contributed by atoms with Gasteiger partial charge < -0.3 is 0 Å². The fourth-order valence-corrected chi connectivity index (χ4v) is 3.92. The third-order valence-corrected chi connectivity index (χ3v) is 5.14. The molecule has 2 heterocycles. The van der Waals surface area contributed by atoms with Crippen LogP contribution in [-0.2, 0) is 6.54 Å². The predicted molar refractivity (Wildman–Crippen MR) is 94.3 cm³/mol. The third-order valence-electron chi connectivity index (χ3n) is 5.14. The number of carbonyl (C=O) groups excluding carboxylic acids is 1. The molecule has 1 saturated carbocycles. The van der Waals surface area contributed by atoms with Crippen molar-refractivity contribution in [1.82, 2.24) is 15.4 Å². The number of nitrogens with zero attached hydrogens (tertiary/aromatic N) is 2. The smallest absolute Gasteiger partial charge is 0.268 e. The Morgan fingerprint density at radius 2 is 2.00 bits per heavy atom. The number of rotatable bonds is 3. The Labute approximate surface area is 142 Å². The van der Waals surface area contributed by atoms with Crippen LogP contribution >= 0.6 is 0 Å². The number of amides is 1. The van der Waals surface area contributed by atoms with Crippen molar-refractivity contribution >= 4 is 5.91 Å². The first kappa shape index (κ1) is 15.3. The Balaban J connectivity index is 1.59. The molecule has 1 amide bonds. The molecule has 1 aromatic heterocycles. The summed E-state index contributed by atoms with van der Waals surface area (Å²) in [5.41, 5.74) is 8.72. The summed E-state index contributed by atoms with van der Waals surface area (Å²) in [4.78, 5) is 17.0. The van der Waals surface area contributed by atoms with Crippen molar-refractivity contribution in [1.29, 1.82) is 0 Å². The van der Waals surface area contributed by atoms with Gasteiger partial charge in [0.1, 0.15) is 0 Å². The number of fused-ring (bicyclic) bond motifs is 1. The van der Waals surface area contributed by atoms with Gasteiger partial charge in [-0.1, -0.05) is 31.4 Å². The summed E-state index contributed by atoms with van der Waals surface area (Å²) in [7, 11) is 0. The van der Waals surface area contributed by atoms with Crippen LogP contribution in [0.3, 0.4) is 0 Å². The summed E-state index contributed by atoms with van der Waals surface area (Å²) in [6, 6.07) is 8.68. The second kappa shape index (κ2) is 6.36. The van der Waals surface area contributed by atoms with Gasteiger partial charge in [0.15, 0.2) is 0 Å². The Morgan fingerprint density at radius 3 is 2.75 bits per heavy atom. The quantitative estimate of drug-likeness (QED) is 0.934. The van der Waals surface area contributed by atoms with E-state index >= 15 is 0 Å². The summed E-state index contributed by atoms with van der Waals surface area (Å²) < 4.78 is 0. The van der Waals surface area contributed by atoms with Crippen molar-refractivity contribution in [2.75, 3.05) is 0 Å². The van der Waals surface area contributed by atoms with Gasteiger partial charge in [0.05, 0.1) is 6.54 Å². The summed E-state index contributed by atoms with van der Waals surface area (Å²) in [5.74, 6) is 0.116. The first-order chi connectivity index (χ1) is 11.7. The molecule has 1 N–H and O–H groups in total. The Kier molecular flexibility index (Phi) is 4.07. The summed E-state index contributed by atoms with van der Waals surface area (Å²) in [6.45, 7) is 2.68. The van der Waals surface area contributed by atoms with E-state index in [2.05, 4.69) is 28.6 Å². The highest BCUT2D eigenvalue weighted by Crippen LogP contribution is 2.31. The fraction of sp³-hybridized carbons (Fsp3) is 0.400. The SMILES string of the molecule is Cc1cc(-c2cccnc2)cc2c1C(=O)N(NC1CCCCC1)C2. The van der Waals surface area contributed by atoms with Crippen LogP contribution in [0.5, 0.6) is 0 Å². The topological polar surface area (TPSA) is 45.2 Å². The molecule has 1 aromatic carbocycles. The minimum atomic E-state index is 0.116. The van der Waals surface area contributed by atoms with Crippen molar-refractivity contribution in [2.45, 2.75) is 51.6 Å². The highest BCUT2D eigenvalue weighted by atomic mass is 16.2. The number of nitrogens with one attached hydrogen (secondary N) is 1. The number of benzene rings is 1. The Bertz CT molecular complexity index is 751. The average molecular weight is 321 g/mol. The van der Waals surface area contributed by atoms with Crippen LogP contribution in [0.2, 0.25) is 0 Å². The molecular formula is C20H23N3O. The maximum Gasteiger partial charge on any atom is 0.268 e. The van der Waals surface area contributed by atoms with Gasteiger partial charge >= 0.3 is 0 Å². The normalized spacial score (nSPS) is 18.0. The Morgan fingerprint density at radius 1 is 1.17 bits per heavy atom. The molecule has 2 aliphatic rings. The lowest BCUT2D eigenvalue weighted by atomic mass is 9.96. The zero-order valence-corrected chi connectivity index (χ0v) is 14.1. The molecule has 0 unspecified atom stereocenters. The molecule has 4 heteroatoms. The maximum atomic E-state index is 12.8. The standard InChI is InChI=1S/C20H23N3O/c1-14-10-16(15-6-5-9-21-12-15)11-17-13-23(20(24)19(14)17)22-18-7-3-2-4-8-18/h5-6,9-12,18,22H,2-4,7-8,13H2,1H3. The molecule has 1 fully saturated rings. The molecule has 24 heavy (non-hydrogen) atoms. The van der Waals surface area contributed by atoms with Crippen LogP contribution in [-0.4, -0.2) is 21.9 Å². The van der Waals surface area contributed by atoms with Gasteiger partial charge in [-0.05, 0) is 48.6 Å². The van der Waals surface area contributed by atoms with E-state index in [9.17, 15) is 4.79 Å². The fourth-order valence-electron chi connectivity index (χ4n) is 3.92. The maximum absolute atomic E-state index is 12.8. The number of aryl methyl sites for hydroxylation is 1. The summed E-state index contributed by atoms with van der Waals surface area (Å²) in [5, 5.41) is 1.82. The molecule has 0 saturated heterocycles. The second-order valence-electron chi connectivity index (χ2n) is 6.92. The van der Waals surface area contributed by atoms with E-state index in [0.29, 0.717) is 12.6 Å². The van der Waals surface area contributed by atoms with E-state index in [0.717, 1.165) is 27.8 Å². The van der Waals surface area contributed by atoms with Gasteiger partial charge in [0.25, 0.3) is 5.91 Å². The number of hydrazine groups is 1. The van der Waals surface area contributed by atoms with Gasteiger partial charge in [-0.3, -0.25) is 14.8 Å². The monoisotopic (exact) mass is 321 g/mol. The van der Waals surface area contributed by atoms with E-state index in [-0.39, 0.29) is 5.91 Å². The van der Waals surface area contributed by atoms with Gasteiger partial charge in [0, 0.05) is 29.6 Å². The van der Waals surface area contributed by atoms with Crippen LogP contribution in [0.4, 0.5) is 0 Å². The van der Waals surface area contributed by atoms with Gasteiger partial charge in [0.2, 0.25) is 0 Å². The predicted octanol–water partition coefficient (Wildman–Crippen LogP) is 3.85. The third kappa shape index (κ3) is 2.82. The highest BCUT2D eigenvalue weighted by molar-refractivity contribution is 6.00. The molecule has 1 aliphatic heterocycles. The first-order valence-corrected chi connectivity index (χ1v) is 8.84. The first-order valence-electron chi connectivity index (χ1n) is 8.84. The van der Waals surface area contributed by atoms with E-state index in [1.165, 1.54) is 32.1 Å². The molecule has 0 atom stereocenters. The van der Waals surface area contributed by atoms with Crippen LogP contribution < -0.4 is 5.43 Å². The van der Waals surface area contributed by atoms with E-state index in [4.69, 9.17) is 0 Å². The van der Waals surface area contributed by atoms with Crippen molar-refractivity contribution in [3.8, 4) is 11.1 Å². The van der Waals surface area contributed by atoms with Crippen LogP contribution in [0, 0.1) is 6.92 Å². The minimum absolute atomic E-state index is 0.116. The van der Waals surface area contributed by atoms with Crippen molar-refractivity contribution < 1.29 is 4.79 Å². The van der Waals surface area contributed by atoms with E-state index in [1.807, 2.05) is 24.2 Å². The molecule has 0 bridgehead atoms. The molecule has 4 rings (SSSR count). The van der Waals surface area contributed by atoms with Gasteiger partial charge in [-0.2, -0.15) is 0 Å². The number of carbonyl (C=O) groups is 1. The zero-order chi connectivity index (χ0) is 16.5. The van der Waals surface area contributed by atoms with Gasteiger partial charge in [-0.25, -0.2) is 5.43 Å². The van der Waals surface area contributed by atoms with Gasteiger partial charge in [-0.15, -0.1) is 0 Å². The minimum Gasteiger partial charge on any atom is -0.269 e. The summed E-state index contributed by atoms with van der Waals surface area (Å²) in [6.07, 6.45) is 9.83. The molecule has 0 spiro atoms. The molecule has 4 nitrogen and oxygen atoms in total. The number of hydrogen-bond donors (Lipinski definition) is 1. The van der Waals surface area contributed by atoms with E-state index in [1.54, 1.807) is 6.20 Å². The molecule has 1 aliphatic carbocycles. The van der Waals surface area contributed by atoms with Crippen molar-refractivity contribution in [3.05, 3.63) is 53.3 Å². The molecule has 2 aromatic rings. The summed E-state index contributed by atoms with van der Waals surface area (Å²) >= 11 is 0. The van der Waals surface area contributed by atoms with E-state index < -0.39 is 0 Å². The molecular weight excluding hydrogens is 298 g/mol. The zero-order valence-electron chi connectivity index (χ0n) is 14.1. The average Bonchev–Trinajstić information content (AvgIpc) is 2.93. The molecule has 0 radical (unpaired) electrons.